The van der Waals surface area contributed by atoms with Crippen molar-refractivity contribution < 1.29 is 17.9 Å². The van der Waals surface area contributed by atoms with Crippen LogP contribution < -0.4 is 0 Å². The fourth-order valence-corrected chi connectivity index (χ4v) is 1.69. The first-order chi connectivity index (χ1) is 8.06. The number of nitrogens with zero attached hydrogens (tertiary/aromatic N) is 1. The van der Waals surface area contributed by atoms with Crippen LogP contribution in [0.5, 0.6) is 0 Å². The van der Waals surface area contributed by atoms with Crippen LogP contribution in [0.3, 0.4) is 0 Å². The molecule has 2 aromatic heterocycles. The van der Waals surface area contributed by atoms with Crippen LogP contribution in [0, 0.1) is 0 Å². The Morgan fingerprint density at radius 1 is 1.29 bits per heavy atom. The Balaban J connectivity index is 1.93. The summed E-state index contributed by atoms with van der Waals surface area (Å²) in [6.07, 6.45) is -0.287. The normalized spacial score (nSPS) is 12.2. The van der Waals surface area contributed by atoms with Gasteiger partial charge in [-0.15, -0.1) is 13.2 Å². The molecule has 17 heavy (non-hydrogen) atoms. The Kier molecular flexibility index (Phi) is 3.33. The second kappa shape index (κ2) is 4.75. The van der Waals surface area contributed by atoms with E-state index in [2.05, 4.69) is 14.7 Å². The number of rotatable bonds is 4. The van der Waals surface area contributed by atoms with Crippen LogP contribution in [0.15, 0.2) is 24.5 Å². The van der Waals surface area contributed by atoms with E-state index >= 15 is 0 Å². The Bertz CT molecular complexity index is 493. The van der Waals surface area contributed by atoms with Gasteiger partial charge in [-0.1, -0.05) is 0 Å². The Morgan fingerprint density at radius 3 is 2.88 bits per heavy atom. The van der Waals surface area contributed by atoms with Gasteiger partial charge in [0.25, 0.3) is 0 Å². The number of fused-ring (bicyclic) bond motifs is 1. The highest BCUT2D eigenvalue weighted by Gasteiger charge is 2.28. The van der Waals surface area contributed by atoms with Crippen molar-refractivity contribution >= 4 is 11.0 Å². The maximum Gasteiger partial charge on any atom is 0.522 e. The molecule has 1 N–H and O–H groups in total. The van der Waals surface area contributed by atoms with Crippen molar-refractivity contribution in [3.8, 4) is 0 Å². The van der Waals surface area contributed by atoms with Crippen molar-refractivity contribution in [2.45, 2.75) is 19.2 Å². The predicted molar refractivity (Wildman–Crippen MR) is 56.4 cm³/mol. The van der Waals surface area contributed by atoms with Gasteiger partial charge in [-0.3, -0.25) is 4.74 Å². The van der Waals surface area contributed by atoms with Gasteiger partial charge in [0.2, 0.25) is 0 Å². The van der Waals surface area contributed by atoms with E-state index in [1.54, 1.807) is 12.4 Å². The molecular formula is C11H11F3N2O. The molecule has 6 heteroatoms. The number of halogens is 3. The minimum Gasteiger partial charge on any atom is -0.346 e. The molecule has 0 unspecified atom stereocenters. The van der Waals surface area contributed by atoms with Gasteiger partial charge in [0.15, 0.2) is 0 Å². The van der Waals surface area contributed by atoms with Crippen LogP contribution >= 0.6 is 0 Å². The van der Waals surface area contributed by atoms with E-state index in [0.717, 1.165) is 16.6 Å². The predicted octanol–water partition coefficient (Wildman–Crippen LogP) is 3.03. The van der Waals surface area contributed by atoms with Crippen LogP contribution in [0.4, 0.5) is 13.2 Å². The molecule has 0 saturated heterocycles. The molecule has 2 heterocycles. The second-order valence-corrected chi connectivity index (χ2v) is 3.61. The van der Waals surface area contributed by atoms with Gasteiger partial charge in [-0.25, -0.2) is 4.98 Å². The summed E-state index contributed by atoms with van der Waals surface area (Å²) in [5.74, 6) is 0. The third kappa shape index (κ3) is 3.20. The minimum absolute atomic E-state index is 0.322. The molecule has 2 rings (SSSR count). The maximum absolute atomic E-state index is 11.7. The molecule has 0 bridgehead atoms. The zero-order valence-electron chi connectivity index (χ0n) is 8.92. The molecule has 92 valence electrons. The van der Waals surface area contributed by atoms with Crippen molar-refractivity contribution in [3.63, 3.8) is 0 Å². The number of aromatic nitrogens is 2. The van der Waals surface area contributed by atoms with Gasteiger partial charge in [0.05, 0.1) is 6.61 Å². The number of aryl methyl sites for hydroxylation is 1. The highest BCUT2D eigenvalue weighted by atomic mass is 19.4. The van der Waals surface area contributed by atoms with Crippen LogP contribution in [-0.4, -0.2) is 22.9 Å². The highest BCUT2D eigenvalue weighted by molar-refractivity contribution is 5.79. The topological polar surface area (TPSA) is 37.9 Å². The second-order valence-electron chi connectivity index (χ2n) is 3.61. The third-order valence-corrected chi connectivity index (χ3v) is 2.41. The van der Waals surface area contributed by atoms with Gasteiger partial charge in [-0.05, 0) is 30.5 Å². The number of alkyl halides is 3. The van der Waals surface area contributed by atoms with E-state index in [-0.39, 0.29) is 6.61 Å². The lowest BCUT2D eigenvalue weighted by molar-refractivity contribution is -0.324. The van der Waals surface area contributed by atoms with Crippen molar-refractivity contribution in [2.24, 2.45) is 0 Å². The number of aromatic amines is 1. The lowest BCUT2D eigenvalue weighted by Gasteiger charge is -2.07. The molecular weight excluding hydrogens is 233 g/mol. The Hall–Kier alpha value is -1.56. The molecule has 0 radical (unpaired) electrons. The summed E-state index contributed by atoms with van der Waals surface area (Å²) in [4.78, 5) is 7.05. The van der Waals surface area contributed by atoms with Gasteiger partial charge in [0.1, 0.15) is 5.65 Å². The molecule has 3 nitrogen and oxygen atoms in total. The first-order valence-corrected chi connectivity index (χ1v) is 5.18. The maximum atomic E-state index is 11.7. The van der Waals surface area contributed by atoms with E-state index in [9.17, 15) is 13.2 Å². The largest absolute Gasteiger partial charge is 0.522 e. The molecule has 2 aromatic rings. The first kappa shape index (κ1) is 11.9. The number of hydrogen-bond acceptors (Lipinski definition) is 2. The molecule has 0 aromatic carbocycles. The summed E-state index contributed by atoms with van der Waals surface area (Å²) >= 11 is 0. The smallest absolute Gasteiger partial charge is 0.346 e. The summed E-state index contributed by atoms with van der Waals surface area (Å²) in [7, 11) is 0. The zero-order chi connectivity index (χ0) is 12.3. The summed E-state index contributed by atoms with van der Waals surface area (Å²) in [5.41, 5.74) is 1.72. The average molecular weight is 244 g/mol. The number of pyridine rings is 1. The van der Waals surface area contributed by atoms with E-state index < -0.39 is 6.36 Å². The number of hydrogen-bond donors (Lipinski definition) is 1. The number of nitrogens with one attached hydrogen (secondary N) is 1. The molecule has 0 atom stereocenters. The lowest BCUT2D eigenvalue weighted by Crippen LogP contribution is -2.14. The van der Waals surface area contributed by atoms with Gasteiger partial charge >= 0.3 is 6.36 Å². The van der Waals surface area contributed by atoms with E-state index in [4.69, 9.17) is 0 Å². The molecule has 0 aliphatic heterocycles. The quantitative estimate of drug-likeness (QED) is 0.839. The molecule has 0 aliphatic rings. The fraction of sp³-hybridized carbons (Fsp3) is 0.364. The van der Waals surface area contributed by atoms with E-state index in [0.29, 0.717) is 12.8 Å². The molecule has 0 saturated carbocycles. The molecule has 0 fully saturated rings. The minimum atomic E-state index is -4.54. The summed E-state index contributed by atoms with van der Waals surface area (Å²) < 4.78 is 39.0. The van der Waals surface area contributed by atoms with Crippen LogP contribution in [-0.2, 0) is 11.2 Å². The number of ether oxygens (including phenoxy) is 1. The average Bonchev–Trinajstić information content (AvgIpc) is 2.71. The van der Waals surface area contributed by atoms with Gasteiger partial charge < -0.3 is 4.98 Å². The lowest BCUT2D eigenvalue weighted by atomic mass is 10.1. The monoisotopic (exact) mass is 244 g/mol. The fourth-order valence-electron chi connectivity index (χ4n) is 1.69. The Labute approximate surface area is 95.6 Å². The van der Waals surface area contributed by atoms with E-state index in [1.165, 1.54) is 0 Å². The van der Waals surface area contributed by atoms with Gasteiger partial charge in [0, 0.05) is 17.8 Å². The van der Waals surface area contributed by atoms with Crippen molar-refractivity contribution in [1.29, 1.82) is 0 Å². The van der Waals surface area contributed by atoms with Crippen molar-refractivity contribution in [1.82, 2.24) is 9.97 Å². The summed E-state index contributed by atoms with van der Waals surface area (Å²) in [6, 6.07) is 3.67. The summed E-state index contributed by atoms with van der Waals surface area (Å²) in [6.45, 7) is -0.322. The number of H-pyrrole nitrogens is 1. The van der Waals surface area contributed by atoms with Crippen molar-refractivity contribution in [3.05, 3.63) is 30.1 Å². The van der Waals surface area contributed by atoms with Crippen molar-refractivity contribution in [2.75, 3.05) is 6.61 Å². The Morgan fingerprint density at radius 2 is 2.12 bits per heavy atom. The van der Waals surface area contributed by atoms with Crippen LogP contribution in [0.25, 0.3) is 11.0 Å². The zero-order valence-corrected chi connectivity index (χ0v) is 8.92. The first-order valence-electron chi connectivity index (χ1n) is 5.18. The SMILES string of the molecule is FC(F)(F)OCCCc1ccnc2[nH]ccc12. The molecule has 0 aliphatic carbocycles. The third-order valence-electron chi connectivity index (χ3n) is 2.41. The molecule has 0 spiro atoms. The molecule has 0 amide bonds. The van der Waals surface area contributed by atoms with Gasteiger partial charge in [-0.2, -0.15) is 0 Å². The highest BCUT2D eigenvalue weighted by Crippen LogP contribution is 2.19. The van der Waals surface area contributed by atoms with E-state index in [1.807, 2.05) is 12.1 Å². The van der Waals surface area contributed by atoms with Crippen LogP contribution in [0.2, 0.25) is 0 Å². The van der Waals surface area contributed by atoms with Crippen LogP contribution in [0.1, 0.15) is 12.0 Å². The summed E-state index contributed by atoms with van der Waals surface area (Å²) in [5, 5.41) is 0.944. The standard InChI is InChI=1S/C11H11F3N2O/c12-11(13,14)17-7-1-2-8-3-5-15-10-9(8)4-6-16-10/h3-6H,1-2,7H2,(H,15,16).